The Hall–Kier alpha value is -5.90. The molecule has 0 fully saturated rings. The van der Waals surface area contributed by atoms with Crippen molar-refractivity contribution in [1.82, 2.24) is 0 Å². The van der Waals surface area contributed by atoms with Gasteiger partial charge in [0.15, 0.2) is 6.10 Å². The molecule has 0 aliphatic heterocycles. The summed E-state index contributed by atoms with van der Waals surface area (Å²) in [5, 5.41) is 0. The number of esters is 2. The first kappa shape index (κ1) is 39.8. The quantitative estimate of drug-likeness (QED) is 0.0674. The zero-order valence-corrected chi connectivity index (χ0v) is 31.1. The second-order valence-electron chi connectivity index (χ2n) is 13.1. The minimum Gasteiger partial charge on any atom is -0.459 e. The van der Waals surface area contributed by atoms with Crippen LogP contribution in [0.1, 0.15) is 43.0 Å². The number of hydrogen-bond donors (Lipinski definition) is 0. The van der Waals surface area contributed by atoms with Crippen LogP contribution in [0.25, 0.3) is 0 Å². The highest BCUT2D eigenvalue weighted by Gasteiger charge is 2.41. The van der Waals surface area contributed by atoms with Crippen molar-refractivity contribution in [2.45, 2.75) is 50.8 Å². The monoisotopic (exact) mass is 750 g/mol. The van der Waals surface area contributed by atoms with E-state index in [9.17, 15) is 9.59 Å². The first-order valence-electron chi connectivity index (χ1n) is 18.7. The Bertz CT molecular complexity index is 2000. The highest BCUT2D eigenvalue weighted by atomic mass is 16.6. The molecule has 0 heterocycles. The molecule has 0 saturated carbocycles. The van der Waals surface area contributed by atoms with Crippen molar-refractivity contribution in [1.29, 1.82) is 0 Å². The number of hydrogen-bond acceptors (Lipinski definition) is 8. The van der Waals surface area contributed by atoms with E-state index < -0.39 is 36.4 Å². The highest BCUT2D eigenvalue weighted by Crippen LogP contribution is 2.25. The molecule has 0 aliphatic rings. The van der Waals surface area contributed by atoms with Crippen molar-refractivity contribution in [3.63, 3.8) is 0 Å². The third-order valence-electron chi connectivity index (χ3n) is 8.98. The van der Waals surface area contributed by atoms with Gasteiger partial charge in [-0.1, -0.05) is 158 Å². The molecule has 0 spiro atoms. The zero-order chi connectivity index (χ0) is 38.6. The second-order valence-corrected chi connectivity index (χ2v) is 13.1. The number of rotatable bonds is 21. The van der Waals surface area contributed by atoms with E-state index in [2.05, 4.69) is 0 Å². The Morgan fingerprint density at radius 1 is 0.375 bits per heavy atom. The molecule has 0 unspecified atom stereocenters. The standard InChI is InChI=1S/C48H46O8/c49-47(41-27-15-5-16-28-41)55-36-43(52-32-38-21-9-2-10-22-38)45(53-33-39-23-11-3-12-24-39)46(54-34-40-25-13-4-14-26-40)44(35-51-31-37-19-7-1-8-20-37)56-48(50)42-29-17-6-18-30-42/h1-30,43-46H,31-36H2/t43-,44-,45+,46+/m0/s1. The van der Waals surface area contributed by atoms with Crippen molar-refractivity contribution < 1.29 is 38.0 Å². The number of ether oxygens (including phenoxy) is 6. The van der Waals surface area contributed by atoms with Crippen LogP contribution < -0.4 is 0 Å². The van der Waals surface area contributed by atoms with Gasteiger partial charge >= 0.3 is 11.9 Å². The minimum absolute atomic E-state index is 0.0344. The third-order valence-corrected chi connectivity index (χ3v) is 8.98. The van der Waals surface area contributed by atoms with Gasteiger partial charge in [0, 0.05) is 0 Å². The predicted molar refractivity (Wildman–Crippen MR) is 214 cm³/mol. The number of carbonyl (C=O) groups excluding carboxylic acids is 2. The third kappa shape index (κ3) is 12.6. The van der Waals surface area contributed by atoms with Crippen LogP contribution in [-0.2, 0) is 54.8 Å². The molecule has 6 aromatic rings. The number of benzene rings is 6. The molecule has 0 radical (unpaired) electrons. The molecule has 6 rings (SSSR count). The fraction of sp³-hybridized carbons (Fsp3) is 0.208. The van der Waals surface area contributed by atoms with E-state index in [1.54, 1.807) is 48.5 Å². The molecule has 0 aromatic heterocycles. The lowest BCUT2D eigenvalue weighted by molar-refractivity contribution is -0.194. The fourth-order valence-electron chi connectivity index (χ4n) is 6.03. The first-order valence-corrected chi connectivity index (χ1v) is 18.7. The van der Waals surface area contributed by atoms with Gasteiger partial charge in [-0.2, -0.15) is 0 Å². The summed E-state index contributed by atoms with van der Waals surface area (Å²) in [5.41, 5.74) is 4.44. The van der Waals surface area contributed by atoms with E-state index in [1.807, 2.05) is 133 Å². The van der Waals surface area contributed by atoms with E-state index in [-0.39, 0.29) is 39.6 Å². The van der Waals surface area contributed by atoms with Gasteiger partial charge in [-0.15, -0.1) is 0 Å². The van der Waals surface area contributed by atoms with Crippen LogP contribution in [-0.4, -0.2) is 49.6 Å². The summed E-state index contributed by atoms with van der Waals surface area (Å²) in [6.45, 7) is 0.555. The summed E-state index contributed by atoms with van der Waals surface area (Å²) in [6.07, 6.45) is -3.80. The molecule has 8 nitrogen and oxygen atoms in total. The summed E-state index contributed by atoms with van der Waals surface area (Å²) in [5.74, 6) is -1.06. The molecule has 0 saturated heterocycles. The van der Waals surface area contributed by atoms with Crippen LogP contribution in [0.15, 0.2) is 182 Å². The molecule has 0 aliphatic carbocycles. The van der Waals surface area contributed by atoms with E-state index in [1.165, 1.54) is 0 Å². The van der Waals surface area contributed by atoms with Crippen LogP contribution in [0.3, 0.4) is 0 Å². The fourth-order valence-corrected chi connectivity index (χ4v) is 6.03. The van der Waals surface area contributed by atoms with Crippen molar-refractivity contribution in [2.75, 3.05) is 13.2 Å². The molecule has 0 amide bonds. The van der Waals surface area contributed by atoms with Crippen LogP contribution in [0, 0.1) is 0 Å². The maximum absolute atomic E-state index is 13.8. The second kappa shape index (κ2) is 21.9. The predicted octanol–water partition coefficient (Wildman–Crippen LogP) is 9.04. The molecule has 56 heavy (non-hydrogen) atoms. The Balaban J connectivity index is 1.38. The molecule has 286 valence electrons. The smallest absolute Gasteiger partial charge is 0.338 e. The van der Waals surface area contributed by atoms with Gasteiger partial charge in [0.1, 0.15) is 24.9 Å². The Morgan fingerprint density at radius 3 is 1.18 bits per heavy atom. The maximum Gasteiger partial charge on any atom is 0.338 e. The summed E-state index contributed by atoms with van der Waals surface area (Å²) in [7, 11) is 0. The summed E-state index contributed by atoms with van der Waals surface area (Å²) in [6, 6.07) is 56.5. The number of carbonyl (C=O) groups is 2. The van der Waals surface area contributed by atoms with Gasteiger partial charge in [-0.25, -0.2) is 9.59 Å². The Morgan fingerprint density at radius 2 is 0.732 bits per heavy atom. The van der Waals surface area contributed by atoms with Crippen molar-refractivity contribution in [3.8, 4) is 0 Å². The largest absolute Gasteiger partial charge is 0.459 e. The SMILES string of the molecule is O=C(OC[C@H](OCc1ccccc1)[C@@H](OCc1ccccc1)[C@H](OCc1ccccc1)[C@H](COCc1ccccc1)OC(=O)c1ccccc1)c1ccccc1. The van der Waals surface area contributed by atoms with Gasteiger partial charge in [0.25, 0.3) is 0 Å². The van der Waals surface area contributed by atoms with E-state index in [0.717, 1.165) is 22.3 Å². The lowest BCUT2D eigenvalue weighted by Gasteiger charge is -2.37. The van der Waals surface area contributed by atoms with E-state index in [0.29, 0.717) is 11.1 Å². The van der Waals surface area contributed by atoms with Crippen LogP contribution >= 0.6 is 0 Å². The Kier molecular flexibility index (Phi) is 15.5. The van der Waals surface area contributed by atoms with Gasteiger partial charge < -0.3 is 28.4 Å². The minimum atomic E-state index is -0.997. The van der Waals surface area contributed by atoms with Crippen molar-refractivity contribution >= 4 is 11.9 Å². The van der Waals surface area contributed by atoms with Crippen molar-refractivity contribution in [3.05, 3.63) is 215 Å². The lowest BCUT2D eigenvalue weighted by atomic mass is 10.0. The Labute approximate surface area is 328 Å². The van der Waals surface area contributed by atoms with Gasteiger partial charge in [-0.05, 0) is 46.5 Å². The summed E-state index contributed by atoms with van der Waals surface area (Å²) in [4.78, 5) is 27.2. The van der Waals surface area contributed by atoms with E-state index >= 15 is 0 Å². The average molecular weight is 751 g/mol. The normalized spacial score (nSPS) is 13.2. The molecule has 4 atom stereocenters. The van der Waals surface area contributed by atoms with Gasteiger partial charge in [0.05, 0.1) is 44.2 Å². The van der Waals surface area contributed by atoms with Crippen LogP contribution in [0.4, 0.5) is 0 Å². The van der Waals surface area contributed by atoms with Crippen molar-refractivity contribution in [2.24, 2.45) is 0 Å². The van der Waals surface area contributed by atoms with Crippen LogP contribution in [0.2, 0.25) is 0 Å². The molecule has 8 heteroatoms. The molecular weight excluding hydrogens is 705 g/mol. The molecule has 0 N–H and O–H groups in total. The summed E-state index contributed by atoms with van der Waals surface area (Å²) >= 11 is 0. The maximum atomic E-state index is 13.8. The molecule has 0 bridgehead atoms. The molecular formula is C48H46O8. The first-order chi connectivity index (χ1) is 27.6. The lowest BCUT2D eigenvalue weighted by Crippen LogP contribution is -2.52. The molecule has 6 aromatic carbocycles. The average Bonchev–Trinajstić information content (AvgIpc) is 3.26. The zero-order valence-electron chi connectivity index (χ0n) is 31.1. The van der Waals surface area contributed by atoms with Gasteiger partial charge in [0.2, 0.25) is 0 Å². The summed E-state index contributed by atoms with van der Waals surface area (Å²) < 4.78 is 38.8. The van der Waals surface area contributed by atoms with E-state index in [4.69, 9.17) is 28.4 Å². The van der Waals surface area contributed by atoms with Gasteiger partial charge in [-0.3, -0.25) is 0 Å². The highest BCUT2D eigenvalue weighted by molar-refractivity contribution is 5.89. The topological polar surface area (TPSA) is 89.5 Å². The van der Waals surface area contributed by atoms with Crippen LogP contribution in [0.5, 0.6) is 0 Å².